The van der Waals surface area contributed by atoms with Crippen molar-refractivity contribution in [2.45, 2.75) is 32.7 Å². The molecule has 1 aromatic carbocycles. The highest BCUT2D eigenvalue weighted by molar-refractivity contribution is 5.14. The number of hydrogen-bond acceptors (Lipinski definition) is 2. The smallest absolute Gasteiger partial charge is 0.0233 e. The second-order valence-corrected chi connectivity index (χ2v) is 5.61. The Balaban J connectivity index is 1.83. The molecule has 0 aromatic heterocycles. The molecule has 0 aliphatic carbocycles. The van der Waals surface area contributed by atoms with E-state index in [4.69, 9.17) is 5.73 Å². The van der Waals surface area contributed by atoms with Gasteiger partial charge in [-0.3, -0.25) is 4.90 Å². The van der Waals surface area contributed by atoms with Gasteiger partial charge in [-0.05, 0) is 49.9 Å². The number of rotatable bonds is 4. The van der Waals surface area contributed by atoms with E-state index in [0.717, 1.165) is 13.1 Å². The van der Waals surface area contributed by atoms with Crippen molar-refractivity contribution in [2.75, 3.05) is 19.6 Å². The molecule has 1 saturated heterocycles. The first-order valence-electron chi connectivity index (χ1n) is 6.68. The first kappa shape index (κ1) is 12.6. The number of benzene rings is 1. The van der Waals surface area contributed by atoms with Crippen molar-refractivity contribution in [2.24, 2.45) is 11.1 Å². The van der Waals surface area contributed by atoms with E-state index in [1.165, 1.54) is 37.9 Å². The molecule has 1 heterocycles. The SMILES string of the molecule is CC1(CCN)CCN(Cc2ccccc2)CC1. The number of nitrogens with two attached hydrogens (primary N) is 1. The van der Waals surface area contributed by atoms with Crippen molar-refractivity contribution in [3.8, 4) is 0 Å². The Morgan fingerprint density at radius 3 is 2.41 bits per heavy atom. The lowest BCUT2D eigenvalue weighted by molar-refractivity contribution is 0.107. The van der Waals surface area contributed by atoms with Crippen molar-refractivity contribution in [1.82, 2.24) is 4.90 Å². The van der Waals surface area contributed by atoms with E-state index in [-0.39, 0.29) is 0 Å². The van der Waals surface area contributed by atoms with Crippen LogP contribution in [0.5, 0.6) is 0 Å². The van der Waals surface area contributed by atoms with Crippen LogP contribution in [-0.2, 0) is 6.54 Å². The van der Waals surface area contributed by atoms with Crippen LogP contribution >= 0.6 is 0 Å². The molecule has 2 rings (SSSR count). The van der Waals surface area contributed by atoms with Crippen molar-refractivity contribution in [3.05, 3.63) is 35.9 Å². The number of likely N-dealkylation sites (tertiary alicyclic amines) is 1. The van der Waals surface area contributed by atoms with Gasteiger partial charge in [-0.25, -0.2) is 0 Å². The normalized spacial score (nSPS) is 20.4. The standard InChI is InChI=1S/C15H24N2/c1-15(7-10-16)8-11-17(12-9-15)13-14-5-3-2-4-6-14/h2-6H,7-13,16H2,1H3. The summed E-state index contributed by atoms with van der Waals surface area (Å²) >= 11 is 0. The van der Waals surface area contributed by atoms with Crippen LogP contribution in [0.4, 0.5) is 0 Å². The second kappa shape index (κ2) is 5.65. The van der Waals surface area contributed by atoms with E-state index < -0.39 is 0 Å². The maximum absolute atomic E-state index is 5.69. The Morgan fingerprint density at radius 1 is 1.18 bits per heavy atom. The van der Waals surface area contributed by atoms with Gasteiger partial charge in [0.1, 0.15) is 0 Å². The fourth-order valence-electron chi connectivity index (χ4n) is 2.69. The summed E-state index contributed by atoms with van der Waals surface area (Å²) in [5.41, 5.74) is 7.60. The summed E-state index contributed by atoms with van der Waals surface area (Å²) in [6.07, 6.45) is 3.75. The van der Waals surface area contributed by atoms with Gasteiger partial charge < -0.3 is 5.73 Å². The Hall–Kier alpha value is -0.860. The number of hydrogen-bond donors (Lipinski definition) is 1. The summed E-state index contributed by atoms with van der Waals surface area (Å²) in [6, 6.07) is 10.8. The topological polar surface area (TPSA) is 29.3 Å². The van der Waals surface area contributed by atoms with Gasteiger partial charge in [0.2, 0.25) is 0 Å². The Bertz CT molecular complexity index is 326. The van der Waals surface area contributed by atoms with Gasteiger partial charge in [-0.1, -0.05) is 37.3 Å². The van der Waals surface area contributed by atoms with Crippen LogP contribution < -0.4 is 5.73 Å². The second-order valence-electron chi connectivity index (χ2n) is 5.61. The summed E-state index contributed by atoms with van der Waals surface area (Å²) in [5, 5.41) is 0. The molecule has 1 aliphatic heterocycles. The molecule has 17 heavy (non-hydrogen) atoms. The average Bonchev–Trinajstić information content (AvgIpc) is 2.34. The molecule has 1 aliphatic rings. The highest BCUT2D eigenvalue weighted by Gasteiger charge is 2.28. The Kier molecular flexibility index (Phi) is 4.19. The van der Waals surface area contributed by atoms with Gasteiger partial charge in [0, 0.05) is 6.54 Å². The van der Waals surface area contributed by atoms with Gasteiger partial charge in [0.15, 0.2) is 0 Å². The minimum Gasteiger partial charge on any atom is -0.330 e. The van der Waals surface area contributed by atoms with E-state index in [0.29, 0.717) is 5.41 Å². The highest BCUT2D eigenvalue weighted by Crippen LogP contribution is 2.34. The lowest BCUT2D eigenvalue weighted by atomic mass is 9.77. The van der Waals surface area contributed by atoms with Gasteiger partial charge in [-0.2, -0.15) is 0 Å². The van der Waals surface area contributed by atoms with Crippen molar-refractivity contribution in [3.63, 3.8) is 0 Å². The summed E-state index contributed by atoms with van der Waals surface area (Å²) in [4.78, 5) is 2.56. The molecule has 2 N–H and O–H groups in total. The van der Waals surface area contributed by atoms with E-state index in [9.17, 15) is 0 Å². The van der Waals surface area contributed by atoms with E-state index >= 15 is 0 Å². The Morgan fingerprint density at radius 2 is 1.82 bits per heavy atom. The third-order valence-corrected chi connectivity index (χ3v) is 4.06. The summed E-state index contributed by atoms with van der Waals surface area (Å²) in [6.45, 7) is 6.74. The molecule has 0 saturated carbocycles. The molecule has 2 heteroatoms. The Labute approximate surface area is 105 Å². The van der Waals surface area contributed by atoms with Gasteiger partial charge in [-0.15, -0.1) is 0 Å². The molecule has 1 fully saturated rings. The summed E-state index contributed by atoms with van der Waals surface area (Å²) < 4.78 is 0. The molecule has 0 amide bonds. The molecule has 0 radical (unpaired) electrons. The lowest BCUT2D eigenvalue weighted by Gasteiger charge is -2.39. The largest absolute Gasteiger partial charge is 0.330 e. The lowest BCUT2D eigenvalue weighted by Crippen LogP contribution is -2.39. The van der Waals surface area contributed by atoms with Crippen LogP contribution in [0.1, 0.15) is 31.7 Å². The quantitative estimate of drug-likeness (QED) is 0.864. The monoisotopic (exact) mass is 232 g/mol. The molecule has 0 spiro atoms. The molecular weight excluding hydrogens is 208 g/mol. The summed E-state index contributed by atoms with van der Waals surface area (Å²) in [5.74, 6) is 0. The van der Waals surface area contributed by atoms with Crippen LogP contribution in [0.15, 0.2) is 30.3 Å². The molecular formula is C15H24N2. The predicted octanol–water partition coefficient (Wildman–Crippen LogP) is 2.64. The van der Waals surface area contributed by atoms with Crippen LogP contribution in [0.2, 0.25) is 0 Å². The van der Waals surface area contributed by atoms with E-state index in [1.54, 1.807) is 0 Å². The fraction of sp³-hybridized carbons (Fsp3) is 0.600. The van der Waals surface area contributed by atoms with E-state index in [2.05, 4.69) is 42.2 Å². The fourth-order valence-corrected chi connectivity index (χ4v) is 2.69. The zero-order chi connectivity index (χ0) is 12.1. The zero-order valence-electron chi connectivity index (χ0n) is 10.9. The van der Waals surface area contributed by atoms with Crippen molar-refractivity contribution >= 4 is 0 Å². The molecule has 0 bridgehead atoms. The van der Waals surface area contributed by atoms with Crippen LogP contribution in [0, 0.1) is 5.41 Å². The maximum atomic E-state index is 5.69. The molecule has 0 unspecified atom stereocenters. The maximum Gasteiger partial charge on any atom is 0.0233 e. The van der Waals surface area contributed by atoms with Gasteiger partial charge in [0.05, 0.1) is 0 Å². The zero-order valence-corrected chi connectivity index (χ0v) is 10.9. The third kappa shape index (κ3) is 3.55. The summed E-state index contributed by atoms with van der Waals surface area (Å²) in [7, 11) is 0. The molecule has 2 nitrogen and oxygen atoms in total. The highest BCUT2D eigenvalue weighted by atomic mass is 15.1. The number of nitrogens with zero attached hydrogens (tertiary/aromatic N) is 1. The van der Waals surface area contributed by atoms with Crippen LogP contribution in [-0.4, -0.2) is 24.5 Å². The van der Waals surface area contributed by atoms with Crippen LogP contribution in [0.3, 0.4) is 0 Å². The number of piperidine rings is 1. The first-order chi connectivity index (χ1) is 8.22. The van der Waals surface area contributed by atoms with Crippen molar-refractivity contribution < 1.29 is 0 Å². The average molecular weight is 232 g/mol. The van der Waals surface area contributed by atoms with Crippen LogP contribution in [0.25, 0.3) is 0 Å². The van der Waals surface area contributed by atoms with Crippen molar-refractivity contribution in [1.29, 1.82) is 0 Å². The minimum atomic E-state index is 0.488. The molecule has 94 valence electrons. The first-order valence-corrected chi connectivity index (χ1v) is 6.68. The van der Waals surface area contributed by atoms with Gasteiger partial charge in [0.25, 0.3) is 0 Å². The minimum absolute atomic E-state index is 0.488. The molecule has 0 atom stereocenters. The molecule has 1 aromatic rings. The predicted molar refractivity (Wildman–Crippen MR) is 72.7 cm³/mol. The van der Waals surface area contributed by atoms with E-state index in [1.807, 2.05) is 0 Å². The van der Waals surface area contributed by atoms with Gasteiger partial charge >= 0.3 is 0 Å². The third-order valence-electron chi connectivity index (χ3n) is 4.06.